The molecule has 2 aromatic rings. The second-order valence-electron chi connectivity index (χ2n) is 8.14. The standard InChI is InChI=1S/C23H28N4O3/c1-18-4-2-3-5-22(18)25-16-14-24(15-17-25)20-10-12-26(13-11-20)23(28)19-6-8-21(9-7-19)27(29)30/h2-9,20H,10-17H2,1H3. The van der Waals surface area contributed by atoms with Crippen molar-refractivity contribution in [2.24, 2.45) is 0 Å². The van der Waals surface area contributed by atoms with Crippen LogP contribution in [0.25, 0.3) is 0 Å². The average molecular weight is 409 g/mol. The van der Waals surface area contributed by atoms with E-state index in [0.29, 0.717) is 11.6 Å². The zero-order valence-corrected chi connectivity index (χ0v) is 17.4. The van der Waals surface area contributed by atoms with Crippen molar-refractivity contribution in [1.29, 1.82) is 0 Å². The van der Waals surface area contributed by atoms with Gasteiger partial charge in [0, 0.05) is 68.7 Å². The molecule has 30 heavy (non-hydrogen) atoms. The molecule has 0 aromatic heterocycles. The van der Waals surface area contributed by atoms with Crippen LogP contribution in [-0.2, 0) is 0 Å². The zero-order chi connectivity index (χ0) is 21.1. The number of carbonyl (C=O) groups excluding carboxylic acids is 1. The molecule has 0 unspecified atom stereocenters. The molecule has 2 heterocycles. The van der Waals surface area contributed by atoms with Crippen molar-refractivity contribution in [1.82, 2.24) is 9.80 Å². The van der Waals surface area contributed by atoms with Crippen LogP contribution in [0.5, 0.6) is 0 Å². The first-order valence-corrected chi connectivity index (χ1v) is 10.6. The molecule has 0 bridgehead atoms. The van der Waals surface area contributed by atoms with Gasteiger partial charge in [0.05, 0.1) is 4.92 Å². The van der Waals surface area contributed by atoms with Crippen LogP contribution in [-0.4, -0.2) is 65.9 Å². The van der Waals surface area contributed by atoms with Crippen molar-refractivity contribution in [2.75, 3.05) is 44.2 Å². The van der Waals surface area contributed by atoms with E-state index in [1.54, 1.807) is 12.1 Å². The van der Waals surface area contributed by atoms with E-state index in [1.165, 1.54) is 23.4 Å². The van der Waals surface area contributed by atoms with Gasteiger partial charge in [-0.25, -0.2) is 0 Å². The summed E-state index contributed by atoms with van der Waals surface area (Å²) >= 11 is 0. The Kier molecular flexibility index (Phi) is 5.99. The van der Waals surface area contributed by atoms with Gasteiger partial charge < -0.3 is 9.80 Å². The molecule has 2 fully saturated rings. The van der Waals surface area contributed by atoms with Crippen LogP contribution in [0, 0.1) is 17.0 Å². The number of para-hydroxylation sites is 1. The van der Waals surface area contributed by atoms with Gasteiger partial charge in [0.2, 0.25) is 0 Å². The number of nitrogens with zero attached hydrogens (tertiary/aromatic N) is 4. The fraction of sp³-hybridized carbons (Fsp3) is 0.435. The molecule has 4 rings (SSSR count). The van der Waals surface area contributed by atoms with Gasteiger partial charge in [-0.3, -0.25) is 19.8 Å². The first-order valence-electron chi connectivity index (χ1n) is 10.6. The lowest BCUT2D eigenvalue weighted by molar-refractivity contribution is -0.384. The van der Waals surface area contributed by atoms with Gasteiger partial charge in [0.1, 0.15) is 0 Å². The van der Waals surface area contributed by atoms with Gasteiger partial charge in [-0.05, 0) is 43.5 Å². The third kappa shape index (κ3) is 4.31. The van der Waals surface area contributed by atoms with Crippen molar-refractivity contribution in [3.8, 4) is 0 Å². The molecule has 2 saturated heterocycles. The van der Waals surface area contributed by atoms with Crippen LogP contribution >= 0.6 is 0 Å². The molecule has 2 aliphatic heterocycles. The van der Waals surface area contributed by atoms with Gasteiger partial charge in [0.15, 0.2) is 0 Å². The van der Waals surface area contributed by atoms with E-state index in [-0.39, 0.29) is 11.6 Å². The number of anilines is 1. The van der Waals surface area contributed by atoms with Gasteiger partial charge in [-0.1, -0.05) is 18.2 Å². The third-order valence-corrected chi connectivity index (χ3v) is 6.36. The summed E-state index contributed by atoms with van der Waals surface area (Å²) in [5.41, 5.74) is 3.19. The number of amides is 1. The van der Waals surface area contributed by atoms with Gasteiger partial charge in [0.25, 0.3) is 11.6 Å². The van der Waals surface area contributed by atoms with Crippen LogP contribution in [0.15, 0.2) is 48.5 Å². The predicted molar refractivity (Wildman–Crippen MR) is 117 cm³/mol. The van der Waals surface area contributed by atoms with E-state index in [9.17, 15) is 14.9 Å². The Morgan fingerprint density at radius 1 is 0.933 bits per heavy atom. The lowest BCUT2D eigenvalue weighted by atomic mass is 10.0. The van der Waals surface area contributed by atoms with Crippen LogP contribution in [0.1, 0.15) is 28.8 Å². The summed E-state index contributed by atoms with van der Waals surface area (Å²) in [7, 11) is 0. The summed E-state index contributed by atoms with van der Waals surface area (Å²) < 4.78 is 0. The number of benzene rings is 2. The number of carbonyl (C=O) groups is 1. The number of hydrogen-bond acceptors (Lipinski definition) is 5. The minimum Gasteiger partial charge on any atom is -0.369 e. The van der Waals surface area contributed by atoms with Crippen LogP contribution < -0.4 is 4.90 Å². The van der Waals surface area contributed by atoms with E-state index in [0.717, 1.165) is 52.1 Å². The smallest absolute Gasteiger partial charge is 0.269 e. The topological polar surface area (TPSA) is 69.9 Å². The largest absolute Gasteiger partial charge is 0.369 e. The zero-order valence-electron chi connectivity index (χ0n) is 17.4. The Hall–Kier alpha value is -2.93. The number of aryl methyl sites for hydroxylation is 1. The highest BCUT2D eigenvalue weighted by molar-refractivity contribution is 5.94. The van der Waals surface area contributed by atoms with Gasteiger partial charge in [-0.15, -0.1) is 0 Å². The second-order valence-corrected chi connectivity index (χ2v) is 8.14. The minimum atomic E-state index is -0.446. The molecule has 2 aliphatic rings. The molecule has 0 atom stereocenters. The maximum atomic E-state index is 12.7. The van der Waals surface area contributed by atoms with E-state index in [1.807, 2.05) is 4.90 Å². The summed E-state index contributed by atoms with van der Waals surface area (Å²) in [4.78, 5) is 30.0. The lowest BCUT2D eigenvalue weighted by Crippen LogP contribution is -2.54. The van der Waals surface area contributed by atoms with Crippen LogP contribution in [0.4, 0.5) is 11.4 Å². The maximum Gasteiger partial charge on any atom is 0.269 e. The quantitative estimate of drug-likeness (QED) is 0.573. The monoisotopic (exact) mass is 408 g/mol. The first-order chi connectivity index (χ1) is 14.5. The molecular weight excluding hydrogens is 380 g/mol. The molecule has 1 amide bonds. The second kappa shape index (κ2) is 8.83. The molecule has 2 aromatic carbocycles. The summed E-state index contributed by atoms with van der Waals surface area (Å²) in [6.07, 6.45) is 1.95. The normalized spacial score (nSPS) is 18.4. The van der Waals surface area contributed by atoms with Crippen LogP contribution in [0.2, 0.25) is 0 Å². The Bertz CT molecular complexity index is 899. The van der Waals surface area contributed by atoms with Crippen molar-refractivity contribution in [3.63, 3.8) is 0 Å². The maximum absolute atomic E-state index is 12.7. The number of non-ortho nitro benzene ring substituents is 1. The Morgan fingerprint density at radius 3 is 2.17 bits per heavy atom. The van der Waals surface area contributed by atoms with Gasteiger partial charge >= 0.3 is 0 Å². The number of likely N-dealkylation sites (tertiary alicyclic amines) is 1. The molecule has 0 spiro atoms. The Balaban J connectivity index is 1.28. The highest BCUT2D eigenvalue weighted by Crippen LogP contribution is 2.24. The van der Waals surface area contributed by atoms with Crippen LogP contribution in [0.3, 0.4) is 0 Å². The SMILES string of the molecule is Cc1ccccc1N1CCN(C2CCN(C(=O)c3ccc([N+](=O)[O-])cc3)CC2)CC1. The number of nitro benzene ring substituents is 1. The van der Waals surface area contributed by atoms with E-state index < -0.39 is 4.92 Å². The van der Waals surface area contributed by atoms with Crippen molar-refractivity contribution < 1.29 is 9.72 Å². The molecule has 7 nitrogen and oxygen atoms in total. The number of piperidine rings is 1. The Labute approximate surface area is 177 Å². The molecule has 0 N–H and O–H groups in total. The Morgan fingerprint density at radius 2 is 1.57 bits per heavy atom. The predicted octanol–water partition coefficient (Wildman–Crippen LogP) is 3.33. The molecule has 0 aliphatic carbocycles. The molecule has 0 radical (unpaired) electrons. The number of rotatable bonds is 4. The summed E-state index contributed by atoms with van der Waals surface area (Å²) in [6, 6.07) is 15.0. The van der Waals surface area contributed by atoms with Gasteiger partial charge in [-0.2, -0.15) is 0 Å². The van der Waals surface area contributed by atoms with Crippen molar-refractivity contribution >= 4 is 17.3 Å². The highest BCUT2D eigenvalue weighted by atomic mass is 16.6. The lowest BCUT2D eigenvalue weighted by Gasteiger charge is -2.43. The number of nitro groups is 1. The molecular formula is C23H28N4O3. The molecule has 0 saturated carbocycles. The first kappa shape index (κ1) is 20.3. The summed E-state index contributed by atoms with van der Waals surface area (Å²) in [5.74, 6) is -0.0345. The number of piperazine rings is 1. The highest BCUT2D eigenvalue weighted by Gasteiger charge is 2.29. The summed E-state index contributed by atoms with van der Waals surface area (Å²) in [6.45, 7) is 7.81. The van der Waals surface area contributed by atoms with Crippen molar-refractivity contribution in [2.45, 2.75) is 25.8 Å². The number of hydrogen-bond donors (Lipinski definition) is 0. The average Bonchev–Trinajstić information content (AvgIpc) is 2.79. The van der Waals surface area contributed by atoms with E-state index in [2.05, 4.69) is 41.0 Å². The molecule has 158 valence electrons. The summed E-state index contributed by atoms with van der Waals surface area (Å²) in [5, 5.41) is 10.8. The fourth-order valence-corrected chi connectivity index (χ4v) is 4.59. The molecule has 7 heteroatoms. The fourth-order valence-electron chi connectivity index (χ4n) is 4.59. The van der Waals surface area contributed by atoms with E-state index >= 15 is 0 Å². The third-order valence-electron chi connectivity index (χ3n) is 6.36. The van der Waals surface area contributed by atoms with Crippen molar-refractivity contribution in [3.05, 3.63) is 69.8 Å². The van der Waals surface area contributed by atoms with E-state index in [4.69, 9.17) is 0 Å². The minimum absolute atomic E-state index is 0.00935.